The molecular weight excluding hydrogens is 244 g/mol. The van der Waals surface area contributed by atoms with Crippen LogP contribution in [0.5, 0.6) is 0 Å². The summed E-state index contributed by atoms with van der Waals surface area (Å²) in [4.78, 5) is 10.1. The monoisotopic (exact) mass is 256 g/mol. The van der Waals surface area contributed by atoms with E-state index in [0.717, 1.165) is 5.56 Å². The number of rotatable bonds is 3. The van der Waals surface area contributed by atoms with E-state index in [1.54, 1.807) is 0 Å². The van der Waals surface area contributed by atoms with Crippen LogP contribution in [-0.2, 0) is 11.2 Å². The fraction of sp³-hybridized carbons (Fsp3) is 0.364. The van der Waals surface area contributed by atoms with Crippen LogP contribution in [0.25, 0.3) is 0 Å². The third-order valence-electron chi connectivity index (χ3n) is 2.25. The van der Waals surface area contributed by atoms with Crippen LogP contribution in [0.3, 0.4) is 0 Å². The zero-order chi connectivity index (χ0) is 10.7. The number of hydrogen-bond donors (Lipinski definition) is 1. The smallest absolute Gasteiger partial charge is 0.317 e. The lowest BCUT2D eigenvalue weighted by Crippen LogP contribution is -2.15. The topological polar surface area (TPSA) is 37.3 Å². The summed E-state index contributed by atoms with van der Waals surface area (Å²) >= 11 is 3.12. The lowest BCUT2D eigenvalue weighted by Gasteiger charge is -2.07. The van der Waals surface area contributed by atoms with Crippen LogP contribution < -0.4 is 0 Å². The Bertz CT molecular complexity index is 347. The summed E-state index contributed by atoms with van der Waals surface area (Å²) < 4.78 is 0. The number of carbonyl (C=O) groups is 1. The third-order valence-corrected chi connectivity index (χ3v) is 2.97. The predicted molar refractivity (Wildman–Crippen MR) is 60.0 cm³/mol. The van der Waals surface area contributed by atoms with Gasteiger partial charge in [0.15, 0.2) is 0 Å². The molecule has 0 radical (unpaired) electrons. The van der Waals surface area contributed by atoms with Gasteiger partial charge in [-0.3, -0.25) is 4.79 Å². The van der Waals surface area contributed by atoms with E-state index in [4.69, 9.17) is 5.11 Å². The molecule has 3 heteroatoms. The number of benzene rings is 1. The summed E-state index contributed by atoms with van der Waals surface area (Å²) in [6.45, 7) is 4.07. The number of hydrogen-bond acceptors (Lipinski definition) is 1. The second kappa shape index (κ2) is 4.60. The highest BCUT2D eigenvalue weighted by atomic mass is 79.9. The summed E-state index contributed by atoms with van der Waals surface area (Å²) in [6.07, 6.45) is 0.524. The Labute approximate surface area is 92.1 Å². The number of alkyl halides is 1. The molecule has 1 rings (SSSR count). The molecule has 76 valence electrons. The molecule has 1 unspecified atom stereocenters. The second-order valence-electron chi connectivity index (χ2n) is 3.43. The Balaban J connectivity index is 2.78. The molecule has 0 aliphatic rings. The molecule has 0 fully saturated rings. The zero-order valence-corrected chi connectivity index (χ0v) is 9.84. The van der Waals surface area contributed by atoms with Gasteiger partial charge in [0.2, 0.25) is 0 Å². The van der Waals surface area contributed by atoms with Crippen LogP contribution in [0.15, 0.2) is 18.2 Å². The van der Waals surface area contributed by atoms with Gasteiger partial charge in [0.1, 0.15) is 4.83 Å². The number of aryl methyl sites for hydroxylation is 2. The normalized spacial score (nSPS) is 12.5. The predicted octanol–water partition coefficient (Wildman–Crippen LogP) is 2.69. The van der Waals surface area contributed by atoms with E-state index in [1.165, 1.54) is 11.1 Å². The first-order valence-corrected chi connectivity index (χ1v) is 5.35. The first-order chi connectivity index (χ1) is 6.50. The van der Waals surface area contributed by atoms with Crippen molar-refractivity contribution in [1.82, 2.24) is 0 Å². The lowest BCUT2D eigenvalue weighted by atomic mass is 10.0. The molecule has 0 spiro atoms. The van der Waals surface area contributed by atoms with Gasteiger partial charge in [-0.2, -0.15) is 0 Å². The summed E-state index contributed by atoms with van der Waals surface area (Å²) in [5, 5.41) is 8.72. The van der Waals surface area contributed by atoms with E-state index < -0.39 is 10.8 Å². The second-order valence-corrected chi connectivity index (χ2v) is 4.53. The molecule has 14 heavy (non-hydrogen) atoms. The van der Waals surface area contributed by atoms with Gasteiger partial charge in [-0.25, -0.2) is 0 Å². The molecule has 0 heterocycles. The van der Waals surface area contributed by atoms with Gasteiger partial charge in [-0.05, 0) is 37.0 Å². The molecule has 1 atom stereocenters. The third kappa shape index (κ3) is 2.84. The van der Waals surface area contributed by atoms with Crippen molar-refractivity contribution in [3.63, 3.8) is 0 Å². The summed E-state index contributed by atoms with van der Waals surface area (Å²) in [7, 11) is 0. The quantitative estimate of drug-likeness (QED) is 0.845. The van der Waals surface area contributed by atoms with Crippen molar-refractivity contribution in [2.24, 2.45) is 0 Å². The van der Waals surface area contributed by atoms with E-state index in [2.05, 4.69) is 15.9 Å². The number of aliphatic carboxylic acids is 1. The van der Waals surface area contributed by atoms with Crippen LogP contribution in [-0.4, -0.2) is 15.9 Å². The van der Waals surface area contributed by atoms with Gasteiger partial charge in [0.25, 0.3) is 0 Å². The minimum atomic E-state index is -0.816. The molecule has 0 saturated heterocycles. The standard InChI is InChI=1S/C11H13BrO2/c1-7-3-4-9(5-8(7)2)6-10(12)11(13)14/h3-5,10H,6H2,1-2H3,(H,13,14). The van der Waals surface area contributed by atoms with E-state index in [1.807, 2.05) is 32.0 Å². The molecular formula is C11H13BrO2. The van der Waals surface area contributed by atoms with Crippen LogP contribution in [0.4, 0.5) is 0 Å². The molecule has 0 aliphatic carbocycles. The SMILES string of the molecule is Cc1ccc(CC(Br)C(=O)O)cc1C. The molecule has 2 nitrogen and oxygen atoms in total. The maximum atomic E-state index is 10.6. The van der Waals surface area contributed by atoms with Gasteiger partial charge in [-0.15, -0.1) is 0 Å². The Hall–Kier alpha value is -0.830. The van der Waals surface area contributed by atoms with Crippen LogP contribution in [0, 0.1) is 13.8 Å². The van der Waals surface area contributed by atoms with Crippen molar-refractivity contribution in [3.05, 3.63) is 34.9 Å². The van der Waals surface area contributed by atoms with Gasteiger partial charge in [0.05, 0.1) is 0 Å². The fourth-order valence-corrected chi connectivity index (χ4v) is 1.60. The highest BCUT2D eigenvalue weighted by Gasteiger charge is 2.13. The number of halogens is 1. The first-order valence-electron chi connectivity index (χ1n) is 4.43. The van der Waals surface area contributed by atoms with Crippen LogP contribution >= 0.6 is 15.9 Å². The summed E-state index contributed by atoms with van der Waals surface area (Å²) in [6, 6.07) is 6.03. The maximum absolute atomic E-state index is 10.6. The number of carboxylic acid groups (broad SMARTS) is 1. The van der Waals surface area contributed by atoms with Gasteiger partial charge in [0, 0.05) is 0 Å². The van der Waals surface area contributed by atoms with Crippen molar-refractivity contribution >= 4 is 21.9 Å². The van der Waals surface area contributed by atoms with Crippen molar-refractivity contribution in [1.29, 1.82) is 0 Å². The fourth-order valence-electron chi connectivity index (χ4n) is 1.22. The van der Waals surface area contributed by atoms with Gasteiger partial charge in [-0.1, -0.05) is 34.1 Å². The average molecular weight is 257 g/mol. The van der Waals surface area contributed by atoms with E-state index in [0.29, 0.717) is 6.42 Å². The highest BCUT2D eigenvalue weighted by Crippen LogP contribution is 2.14. The Kier molecular flexibility index (Phi) is 3.69. The largest absolute Gasteiger partial charge is 0.480 e. The average Bonchev–Trinajstić information content (AvgIpc) is 2.11. The first kappa shape index (κ1) is 11.2. The van der Waals surface area contributed by atoms with Crippen molar-refractivity contribution in [2.45, 2.75) is 25.1 Å². The molecule has 1 aromatic carbocycles. The molecule has 1 aromatic rings. The minimum absolute atomic E-state index is 0.496. The molecule has 0 aliphatic heterocycles. The summed E-state index contributed by atoms with van der Waals surface area (Å²) in [5.41, 5.74) is 3.49. The van der Waals surface area contributed by atoms with E-state index in [9.17, 15) is 4.79 Å². The van der Waals surface area contributed by atoms with Crippen molar-refractivity contribution in [2.75, 3.05) is 0 Å². The van der Waals surface area contributed by atoms with Gasteiger partial charge < -0.3 is 5.11 Å². The molecule has 0 amide bonds. The Morgan fingerprint density at radius 1 is 1.43 bits per heavy atom. The van der Waals surface area contributed by atoms with Crippen LogP contribution in [0.1, 0.15) is 16.7 Å². The van der Waals surface area contributed by atoms with E-state index in [-0.39, 0.29) is 0 Å². The molecule has 0 bridgehead atoms. The molecule has 1 N–H and O–H groups in total. The molecule has 0 saturated carbocycles. The number of carboxylic acids is 1. The van der Waals surface area contributed by atoms with Gasteiger partial charge >= 0.3 is 5.97 Å². The van der Waals surface area contributed by atoms with Crippen molar-refractivity contribution in [3.8, 4) is 0 Å². The highest BCUT2D eigenvalue weighted by molar-refractivity contribution is 9.10. The minimum Gasteiger partial charge on any atom is -0.480 e. The van der Waals surface area contributed by atoms with Crippen molar-refractivity contribution < 1.29 is 9.90 Å². The zero-order valence-electron chi connectivity index (χ0n) is 8.25. The van der Waals surface area contributed by atoms with E-state index >= 15 is 0 Å². The Morgan fingerprint density at radius 2 is 2.07 bits per heavy atom. The van der Waals surface area contributed by atoms with Crippen LogP contribution in [0.2, 0.25) is 0 Å². The molecule has 0 aromatic heterocycles. The lowest BCUT2D eigenvalue weighted by molar-refractivity contribution is -0.136. The maximum Gasteiger partial charge on any atom is 0.317 e. The summed E-state index contributed by atoms with van der Waals surface area (Å²) in [5.74, 6) is -0.816. The Morgan fingerprint density at radius 3 is 2.57 bits per heavy atom.